The third-order valence-corrected chi connectivity index (χ3v) is 5.03. The third kappa shape index (κ3) is 5.43. The molecular formula is C16H26N2OS. The van der Waals surface area contributed by atoms with E-state index < -0.39 is 0 Å². The molecule has 3 nitrogen and oxygen atoms in total. The molecule has 0 spiro atoms. The van der Waals surface area contributed by atoms with E-state index in [0.717, 1.165) is 30.9 Å². The maximum absolute atomic E-state index is 5.01. The van der Waals surface area contributed by atoms with Crippen molar-refractivity contribution in [3.8, 4) is 0 Å². The molecule has 1 fully saturated rings. The Bertz CT molecular complexity index is 383. The normalized spacial score (nSPS) is 22.9. The van der Waals surface area contributed by atoms with Gasteiger partial charge in [0.15, 0.2) is 0 Å². The van der Waals surface area contributed by atoms with E-state index in [2.05, 4.69) is 29.4 Å². The maximum Gasteiger partial charge on any atom is 0.0962 e. The van der Waals surface area contributed by atoms with Crippen LogP contribution >= 0.6 is 11.8 Å². The minimum absolute atomic E-state index is 0.751. The first-order chi connectivity index (χ1) is 9.78. The predicted octanol–water partition coefficient (Wildman–Crippen LogP) is 3.49. The van der Waals surface area contributed by atoms with Gasteiger partial charge in [-0.25, -0.2) is 4.98 Å². The number of ether oxygens (including phenoxy) is 1. The van der Waals surface area contributed by atoms with Crippen LogP contribution in [0.5, 0.6) is 0 Å². The van der Waals surface area contributed by atoms with Gasteiger partial charge in [0.05, 0.1) is 11.6 Å². The van der Waals surface area contributed by atoms with Crippen molar-refractivity contribution in [2.45, 2.75) is 49.4 Å². The van der Waals surface area contributed by atoms with E-state index in [-0.39, 0.29) is 0 Å². The lowest BCUT2D eigenvalue weighted by Crippen LogP contribution is -2.18. The van der Waals surface area contributed by atoms with Gasteiger partial charge < -0.3 is 10.1 Å². The van der Waals surface area contributed by atoms with Crippen LogP contribution in [0.1, 0.15) is 38.2 Å². The fourth-order valence-corrected chi connectivity index (χ4v) is 3.96. The lowest BCUT2D eigenvalue weighted by Gasteiger charge is -2.25. The first kappa shape index (κ1) is 15.8. The van der Waals surface area contributed by atoms with Crippen molar-refractivity contribution >= 4 is 11.8 Å². The van der Waals surface area contributed by atoms with Gasteiger partial charge in [0.2, 0.25) is 0 Å². The van der Waals surface area contributed by atoms with E-state index in [0.29, 0.717) is 0 Å². The van der Waals surface area contributed by atoms with Crippen molar-refractivity contribution < 1.29 is 4.74 Å². The van der Waals surface area contributed by atoms with Crippen LogP contribution in [0.15, 0.2) is 23.4 Å². The number of nitrogens with zero attached hydrogens (tertiary/aromatic N) is 1. The predicted molar refractivity (Wildman–Crippen MR) is 85.1 cm³/mol. The van der Waals surface area contributed by atoms with E-state index in [1.807, 2.05) is 18.0 Å². The average Bonchev–Trinajstić information content (AvgIpc) is 2.45. The van der Waals surface area contributed by atoms with Gasteiger partial charge in [0.1, 0.15) is 0 Å². The molecule has 2 unspecified atom stereocenters. The Balaban J connectivity index is 1.76. The van der Waals surface area contributed by atoms with Crippen LogP contribution in [0.25, 0.3) is 0 Å². The van der Waals surface area contributed by atoms with Gasteiger partial charge >= 0.3 is 0 Å². The van der Waals surface area contributed by atoms with E-state index in [9.17, 15) is 0 Å². The van der Waals surface area contributed by atoms with Crippen LogP contribution in [-0.4, -0.2) is 30.5 Å². The molecule has 0 aromatic carbocycles. The van der Waals surface area contributed by atoms with Crippen molar-refractivity contribution in [1.82, 2.24) is 10.3 Å². The molecule has 2 atom stereocenters. The quantitative estimate of drug-likeness (QED) is 0.781. The van der Waals surface area contributed by atoms with Crippen LogP contribution in [0.2, 0.25) is 0 Å². The summed E-state index contributed by atoms with van der Waals surface area (Å²) in [6.07, 6.45) is 7.45. The molecule has 20 heavy (non-hydrogen) atoms. The van der Waals surface area contributed by atoms with E-state index in [1.54, 1.807) is 7.11 Å². The third-order valence-electron chi connectivity index (χ3n) is 3.79. The number of hydrogen-bond donors (Lipinski definition) is 1. The average molecular weight is 294 g/mol. The Morgan fingerprint density at radius 3 is 3.00 bits per heavy atom. The van der Waals surface area contributed by atoms with Crippen LogP contribution in [0.4, 0.5) is 0 Å². The van der Waals surface area contributed by atoms with Crippen molar-refractivity contribution in [2.24, 2.45) is 5.92 Å². The molecule has 0 amide bonds. The molecule has 0 saturated heterocycles. The minimum Gasteiger partial charge on any atom is -0.383 e. The summed E-state index contributed by atoms with van der Waals surface area (Å²) in [5.41, 5.74) is 1.24. The molecule has 1 aromatic rings. The van der Waals surface area contributed by atoms with Crippen LogP contribution in [-0.2, 0) is 11.3 Å². The fourth-order valence-electron chi connectivity index (χ4n) is 2.65. The summed E-state index contributed by atoms with van der Waals surface area (Å²) in [6.45, 7) is 4.87. The first-order valence-electron chi connectivity index (χ1n) is 7.59. The maximum atomic E-state index is 5.01. The summed E-state index contributed by atoms with van der Waals surface area (Å²) in [5.74, 6) is 0.880. The highest BCUT2D eigenvalue weighted by atomic mass is 32.2. The summed E-state index contributed by atoms with van der Waals surface area (Å²) < 4.78 is 5.01. The molecule has 2 rings (SSSR count). The van der Waals surface area contributed by atoms with Crippen LogP contribution in [0.3, 0.4) is 0 Å². The van der Waals surface area contributed by atoms with Crippen LogP contribution < -0.4 is 5.32 Å². The SMILES string of the molecule is COCCNCc1ccc(SC2CCCC(C)C2)nc1. The molecular weight excluding hydrogens is 268 g/mol. The van der Waals surface area contributed by atoms with Crippen molar-refractivity contribution in [1.29, 1.82) is 0 Å². The summed E-state index contributed by atoms with van der Waals surface area (Å²) in [6, 6.07) is 4.35. The second-order valence-electron chi connectivity index (χ2n) is 5.69. The van der Waals surface area contributed by atoms with Gasteiger partial charge in [-0.15, -0.1) is 11.8 Å². The molecule has 1 N–H and O–H groups in total. The molecule has 1 aliphatic rings. The second-order valence-corrected chi connectivity index (χ2v) is 7.01. The Kier molecular flexibility index (Phi) is 6.83. The van der Waals surface area contributed by atoms with Crippen LogP contribution in [0, 0.1) is 5.92 Å². The molecule has 4 heteroatoms. The standard InChI is InChI=1S/C16H26N2OS/c1-13-4-3-5-15(10-13)20-16-7-6-14(12-18-16)11-17-8-9-19-2/h6-7,12-13,15,17H,3-5,8-11H2,1-2H3. The molecule has 1 heterocycles. The number of nitrogens with one attached hydrogen (secondary N) is 1. The summed E-state index contributed by atoms with van der Waals surface area (Å²) >= 11 is 1.96. The van der Waals surface area contributed by atoms with Gasteiger partial charge in [-0.05, 0) is 30.4 Å². The van der Waals surface area contributed by atoms with Crippen molar-refractivity contribution in [3.63, 3.8) is 0 Å². The minimum atomic E-state index is 0.751. The highest BCUT2D eigenvalue weighted by molar-refractivity contribution is 7.99. The lowest BCUT2D eigenvalue weighted by atomic mass is 9.91. The van der Waals surface area contributed by atoms with E-state index in [1.165, 1.54) is 36.3 Å². The summed E-state index contributed by atoms with van der Waals surface area (Å²) in [7, 11) is 1.72. The lowest BCUT2D eigenvalue weighted by molar-refractivity contribution is 0.199. The number of aromatic nitrogens is 1. The number of rotatable bonds is 7. The summed E-state index contributed by atoms with van der Waals surface area (Å²) in [5, 5.41) is 5.27. The number of thioether (sulfide) groups is 1. The first-order valence-corrected chi connectivity index (χ1v) is 8.47. The van der Waals surface area contributed by atoms with Gasteiger partial charge in [-0.2, -0.15) is 0 Å². The summed E-state index contributed by atoms with van der Waals surface area (Å²) in [4.78, 5) is 4.59. The topological polar surface area (TPSA) is 34.1 Å². The van der Waals surface area contributed by atoms with Gasteiger partial charge in [0.25, 0.3) is 0 Å². The fraction of sp³-hybridized carbons (Fsp3) is 0.688. The molecule has 1 saturated carbocycles. The zero-order chi connectivity index (χ0) is 14.2. The molecule has 0 aliphatic heterocycles. The smallest absolute Gasteiger partial charge is 0.0962 e. The van der Waals surface area contributed by atoms with Gasteiger partial charge in [-0.1, -0.05) is 25.8 Å². The molecule has 1 aliphatic carbocycles. The monoisotopic (exact) mass is 294 g/mol. The Hall–Kier alpha value is -0.580. The Morgan fingerprint density at radius 1 is 1.40 bits per heavy atom. The molecule has 0 bridgehead atoms. The zero-order valence-electron chi connectivity index (χ0n) is 12.6. The number of hydrogen-bond acceptors (Lipinski definition) is 4. The van der Waals surface area contributed by atoms with Gasteiger partial charge in [-0.3, -0.25) is 0 Å². The molecule has 1 aromatic heterocycles. The molecule has 0 radical (unpaired) electrons. The highest BCUT2D eigenvalue weighted by Crippen LogP contribution is 2.35. The number of pyridine rings is 1. The van der Waals surface area contributed by atoms with Crippen molar-refractivity contribution in [3.05, 3.63) is 23.9 Å². The Morgan fingerprint density at radius 2 is 2.30 bits per heavy atom. The van der Waals surface area contributed by atoms with E-state index in [4.69, 9.17) is 4.74 Å². The van der Waals surface area contributed by atoms with Crippen molar-refractivity contribution in [2.75, 3.05) is 20.3 Å². The number of methoxy groups -OCH3 is 1. The zero-order valence-corrected chi connectivity index (χ0v) is 13.4. The second kappa shape index (κ2) is 8.65. The molecule has 112 valence electrons. The van der Waals surface area contributed by atoms with E-state index >= 15 is 0 Å². The Labute approximate surface area is 126 Å². The van der Waals surface area contributed by atoms with Gasteiger partial charge in [0, 0.05) is 31.6 Å². The largest absolute Gasteiger partial charge is 0.383 e. The highest BCUT2D eigenvalue weighted by Gasteiger charge is 2.19.